The summed E-state index contributed by atoms with van der Waals surface area (Å²) < 4.78 is 26.6. The number of carboxylic acids is 1. The maximum atomic E-state index is 13.5. The van der Waals surface area contributed by atoms with Gasteiger partial charge in [-0.25, -0.2) is 13.6 Å². The molecule has 0 saturated heterocycles. The van der Waals surface area contributed by atoms with Gasteiger partial charge in [0.2, 0.25) is 0 Å². The van der Waals surface area contributed by atoms with Gasteiger partial charge in [0.15, 0.2) is 0 Å². The van der Waals surface area contributed by atoms with Gasteiger partial charge in [0, 0.05) is 12.1 Å². The molecule has 1 aliphatic carbocycles. The lowest BCUT2D eigenvalue weighted by atomic mass is 10.1. The van der Waals surface area contributed by atoms with Gasteiger partial charge in [-0.1, -0.05) is 12.8 Å². The molecule has 0 bridgehead atoms. The molecule has 5 heteroatoms. The molecule has 0 spiro atoms. The number of hydrogen-bond donors (Lipinski definition) is 2. The summed E-state index contributed by atoms with van der Waals surface area (Å²) in [6.07, 6.45) is 4.01. The first kappa shape index (κ1) is 11.8. The second-order valence-electron chi connectivity index (χ2n) is 4.24. The third kappa shape index (κ3) is 2.54. The van der Waals surface area contributed by atoms with Crippen LogP contribution in [0.1, 0.15) is 36.0 Å². The number of anilines is 1. The van der Waals surface area contributed by atoms with Crippen LogP contribution in [0.25, 0.3) is 0 Å². The van der Waals surface area contributed by atoms with Crippen molar-refractivity contribution in [3.63, 3.8) is 0 Å². The van der Waals surface area contributed by atoms with E-state index in [1.807, 2.05) is 0 Å². The van der Waals surface area contributed by atoms with Crippen LogP contribution in [0.3, 0.4) is 0 Å². The normalized spacial score (nSPS) is 16.1. The van der Waals surface area contributed by atoms with E-state index in [0.717, 1.165) is 31.7 Å². The van der Waals surface area contributed by atoms with Crippen molar-refractivity contribution in [1.29, 1.82) is 0 Å². The highest BCUT2D eigenvalue weighted by atomic mass is 19.1. The Kier molecular flexibility index (Phi) is 3.26. The second kappa shape index (κ2) is 4.69. The zero-order valence-electron chi connectivity index (χ0n) is 9.17. The monoisotopic (exact) mass is 241 g/mol. The minimum atomic E-state index is -1.39. The largest absolute Gasteiger partial charge is 0.478 e. The van der Waals surface area contributed by atoms with Crippen LogP contribution in [0.15, 0.2) is 12.1 Å². The lowest BCUT2D eigenvalue weighted by Crippen LogP contribution is -2.16. The Hall–Kier alpha value is -1.65. The average Bonchev–Trinajstić information content (AvgIpc) is 2.74. The molecule has 0 amide bonds. The third-order valence-corrected chi connectivity index (χ3v) is 3.00. The summed E-state index contributed by atoms with van der Waals surface area (Å²) in [6.45, 7) is 0. The van der Waals surface area contributed by atoms with Gasteiger partial charge < -0.3 is 10.4 Å². The summed E-state index contributed by atoms with van der Waals surface area (Å²) in [6, 6.07) is 1.78. The van der Waals surface area contributed by atoms with Crippen LogP contribution in [0, 0.1) is 11.6 Å². The van der Waals surface area contributed by atoms with Gasteiger partial charge in [0.25, 0.3) is 0 Å². The minimum Gasteiger partial charge on any atom is -0.478 e. The number of carbonyl (C=O) groups is 1. The molecule has 2 rings (SSSR count). The molecule has 0 aromatic heterocycles. The predicted octanol–water partition coefficient (Wildman–Crippen LogP) is 3.02. The van der Waals surface area contributed by atoms with Gasteiger partial charge in [0.1, 0.15) is 11.6 Å². The third-order valence-electron chi connectivity index (χ3n) is 3.00. The molecular weight excluding hydrogens is 228 g/mol. The van der Waals surface area contributed by atoms with Crippen LogP contribution in [-0.4, -0.2) is 17.1 Å². The maximum absolute atomic E-state index is 13.5. The Labute approximate surface area is 97.5 Å². The first-order valence-corrected chi connectivity index (χ1v) is 5.57. The summed E-state index contributed by atoms with van der Waals surface area (Å²) in [7, 11) is 0. The van der Waals surface area contributed by atoms with Crippen LogP contribution in [-0.2, 0) is 0 Å². The first-order valence-electron chi connectivity index (χ1n) is 5.57. The summed E-state index contributed by atoms with van der Waals surface area (Å²) in [4.78, 5) is 10.7. The standard InChI is InChI=1S/C12H13F2NO2/c13-9-6-10(14)11(5-8(9)12(16)17)15-7-3-1-2-4-7/h5-7,15H,1-4H2,(H,16,17). The molecule has 3 nitrogen and oxygen atoms in total. The Morgan fingerprint density at radius 2 is 1.88 bits per heavy atom. The SMILES string of the molecule is O=C(O)c1cc(NC2CCCC2)c(F)cc1F. The Morgan fingerprint density at radius 1 is 1.24 bits per heavy atom. The number of hydrogen-bond acceptors (Lipinski definition) is 2. The predicted molar refractivity (Wildman–Crippen MR) is 59.2 cm³/mol. The number of halogens is 2. The number of nitrogens with one attached hydrogen (secondary N) is 1. The molecule has 1 aliphatic rings. The van der Waals surface area contributed by atoms with Crippen molar-refractivity contribution >= 4 is 11.7 Å². The van der Waals surface area contributed by atoms with Gasteiger partial charge in [-0.15, -0.1) is 0 Å². The Bertz CT molecular complexity index is 442. The summed E-state index contributed by atoms with van der Waals surface area (Å²) in [5, 5.41) is 11.7. The van der Waals surface area contributed by atoms with Crippen LogP contribution >= 0.6 is 0 Å². The van der Waals surface area contributed by atoms with Gasteiger partial charge >= 0.3 is 5.97 Å². The molecule has 1 aromatic rings. The fourth-order valence-electron chi connectivity index (χ4n) is 2.11. The maximum Gasteiger partial charge on any atom is 0.338 e. The highest BCUT2D eigenvalue weighted by molar-refractivity contribution is 5.89. The molecule has 92 valence electrons. The van der Waals surface area contributed by atoms with E-state index in [1.54, 1.807) is 0 Å². The number of benzene rings is 1. The Balaban J connectivity index is 2.26. The number of aromatic carboxylic acids is 1. The van der Waals surface area contributed by atoms with Crippen LogP contribution < -0.4 is 5.32 Å². The average molecular weight is 241 g/mol. The minimum absolute atomic E-state index is 0.0655. The van der Waals surface area contributed by atoms with E-state index in [2.05, 4.69) is 5.32 Å². The van der Waals surface area contributed by atoms with Crippen molar-refractivity contribution in [3.8, 4) is 0 Å². The van der Waals surface area contributed by atoms with Gasteiger partial charge in [-0.05, 0) is 18.9 Å². The van der Waals surface area contributed by atoms with Crippen molar-refractivity contribution in [3.05, 3.63) is 29.3 Å². The fraction of sp³-hybridized carbons (Fsp3) is 0.417. The first-order chi connectivity index (χ1) is 8.08. The lowest BCUT2D eigenvalue weighted by Gasteiger charge is -2.14. The molecule has 0 atom stereocenters. The molecule has 1 saturated carbocycles. The topological polar surface area (TPSA) is 49.3 Å². The summed E-state index contributed by atoms with van der Waals surface area (Å²) in [5.74, 6) is -3.19. The van der Waals surface area contributed by atoms with E-state index in [-0.39, 0.29) is 11.7 Å². The van der Waals surface area contributed by atoms with Gasteiger partial charge in [-0.3, -0.25) is 0 Å². The smallest absolute Gasteiger partial charge is 0.338 e. The van der Waals surface area contributed by atoms with E-state index in [0.29, 0.717) is 6.07 Å². The molecule has 2 N–H and O–H groups in total. The zero-order valence-corrected chi connectivity index (χ0v) is 9.17. The van der Waals surface area contributed by atoms with E-state index in [1.165, 1.54) is 0 Å². The molecule has 0 unspecified atom stereocenters. The Morgan fingerprint density at radius 3 is 2.47 bits per heavy atom. The van der Waals surface area contributed by atoms with E-state index in [9.17, 15) is 13.6 Å². The highest BCUT2D eigenvalue weighted by Crippen LogP contribution is 2.25. The van der Waals surface area contributed by atoms with E-state index in [4.69, 9.17) is 5.11 Å². The molecule has 0 radical (unpaired) electrons. The van der Waals surface area contributed by atoms with Crippen molar-refractivity contribution in [2.75, 3.05) is 5.32 Å². The molecule has 17 heavy (non-hydrogen) atoms. The van der Waals surface area contributed by atoms with Crippen molar-refractivity contribution < 1.29 is 18.7 Å². The molecule has 1 aromatic carbocycles. The van der Waals surface area contributed by atoms with Crippen LogP contribution in [0.2, 0.25) is 0 Å². The van der Waals surface area contributed by atoms with Crippen LogP contribution in [0.5, 0.6) is 0 Å². The molecular formula is C12H13F2NO2. The summed E-state index contributed by atoms with van der Waals surface area (Å²) >= 11 is 0. The summed E-state index contributed by atoms with van der Waals surface area (Å²) in [5.41, 5.74) is -0.442. The van der Waals surface area contributed by atoms with Crippen molar-refractivity contribution in [2.24, 2.45) is 0 Å². The fourth-order valence-corrected chi connectivity index (χ4v) is 2.11. The van der Waals surface area contributed by atoms with Gasteiger partial charge in [-0.2, -0.15) is 0 Å². The molecule has 0 heterocycles. The number of carboxylic acid groups (broad SMARTS) is 1. The second-order valence-corrected chi connectivity index (χ2v) is 4.24. The van der Waals surface area contributed by atoms with E-state index >= 15 is 0 Å². The van der Waals surface area contributed by atoms with Crippen LogP contribution in [0.4, 0.5) is 14.5 Å². The van der Waals surface area contributed by atoms with Crippen molar-refractivity contribution in [2.45, 2.75) is 31.7 Å². The van der Waals surface area contributed by atoms with E-state index < -0.39 is 23.2 Å². The zero-order chi connectivity index (χ0) is 12.4. The van der Waals surface area contributed by atoms with Crippen molar-refractivity contribution in [1.82, 2.24) is 0 Å². The highest BCUT2D eigenvalue weighted by Gasteiger charge is 2.19. The quantitative estimate of drug-likeness (QED) is 0.855. The van der Waals surface area contributed by atoms with Gasteiger partial charge in [0.05, 0.1) is 11.3 Å². The molecule has 1 fully saturated rings. The molecule has 0 aliphatic heterocycles. The lowest BCUT2D eigenvalue weighted by molar-refractivity contribution is 0.0692. The number of rotatable bonds is 3.